The van der Waals surface area contributed by atoms with E-state index in [0.29, 0.717) is 21.4 Å². The molecule has 0 fully saturated rings. The van der Waals surface area contributed by atoms with Crippen molar-refractivity contribution in [2.75, 3.05) is 5.32 Å². The van der Waals surface area contributed by atoms with Crippen LogP contribution in [0, 0.1) is 0 Å². The van der Waals surface area contributed by atoms with E-state index in [1.807, 2.05) is 13.0 Å². The van der Waals surface area contributed by atoms with Crippen molar-refractivity contribution in [2.45, 2.75) is 13.3 Å². The van der Waals surface area contributed by atoms with E-state index < -0.39 is 5.97 Å². The summed E-state index contributed by atoms with van der Waals surface area (Å²) in [5.41, 5.74) is 1.89. The third-order valence-electron chi connectivity index (χ3n) is 2.96. The van der Waals surface area contributed by atoms with Crippen LogP contribution in [0.4, 0.5) is 11.4 Å². The zero-order valence-corrected chi connectivity index (χ0v) is 12.3. The molecular weight excluding hydrogens is 297 g/mol. The molecule has 0 atom stereocenters. The van der Waals surface area contributed by atoms with Crippen molar-refractivity contribution in [3.8, 4) is 0 Å². The second-order valence-electron chi connectivity index (χ2n) is 4.21. The Morgan fingerprint density at radius 1 is 1.20 bits per heavy atom. The van der Waals surface area contributed by atoms with Crippen LogP contribution in [-0.2, 0) is 6.42 Å². The third-order valence-corrected chi connectivity index (χ3v) is 3.71. The molecule has 0 aliphatic heterocycles. The first-order chi connectivity index (χ1) is 9.54. The molecule has 3 nitrogen and oxygen atoms in total. The molecule has 20 heavy (non-hydrogen) atoms. The van der Waals surface area contributed by atoms with E-state index in [1.54, 1.807) is 24.3 Å². The van der Waals surface area contributed by atoms with Gasteiger partial charge in [0.2, 0.25) is 0 Å². The fraction of sp³-hybridized carbons (Fsp3) is 0.133. The Hall–Kier alpha value is -1.71. The van der Waals surface area contributed by atoms with Gasteiger partial charge in [-0.05, 0) is 24.1 Å². The van der Waals surface area contributed by atoms with Gasteiger partial charge in [-0.15, -0.1) is 0 Å². The summed E-state index contributed by atoms with van der Waals surface area (Å²) in [7, 11) is 0. The Labute approximate surface area is 127 Å². The lowest BCUT2D eigenvalue weighted by molar-refractivity contribution is -0.254. The number of aryl methyl sites for hydroxylation is 1. The predicted octanol–water partition coefficient (Wildman–Crippen LogP) is 3.66. The van der Waals surface area contributed by atoms with E-state index in [4.69, 9.17) is 23.2 Å². The molecule has 2 rings (SSSR count). The van der Waals surface area contributed by atoms with E-state index in [1.165, 1.54) is 6.07 Å². The first-order valence-corrected chi connectivity index (χ1v) is 6.84. The van der Waals surface area contributed by atoms with Crippen molar-refractivity contribution in [3.05, 3.63) is 57.6 Å². The zero-order valence-electron chi connectivity index (χ0n) is 10.7. The summed E-state index contributed by atoms with van der Waals surface area (Å²) in [6.07, 6.45) is 0.757. The summed E-state index contributed by atoms with van der Waals surface area (Å²) >= 11 is 12.4. The molecule has 0 aliphatic carbocycles. The molecule has 2 aromatic rings. The molecule has 0 saturated heterocycles. The number of para-hydroxylation sites is 1. The van der Waals surface area contributed by atoms with Gasteiger partial charge in [-0.2, -0.15) is 0 Å². The second kappa shape index (κ2) is 6.16. The Balaban J connectivity index is 2.48. The fourth-order valence-electron chi connectivity index (χ4n) is 1.89. The lowest BCUT2D eigenvalue weighted by Gasteiger charge is -2.16. The van der Waals surface area contributed by atoms with Crippen LogP contribution >= 0.6 is 23.2 Å². The van der Waals surface area contributed by atoms with E-state index in [9.17, 15) is 9.90 Å². The average molecular weight is 309 g/mol. The summed E-state index contributed by atoms with van der Waals surface area (Å²) in [4.78, 5) is 11.1. The summed E-state index contributed by atoms with van der Waals surface area (Å²) in [6.45, 7) is 1.98. The molecule has 1 N–H and O–H groups in total. The Bertz CT molecular complexity index is 656. The van der Waals surface area contributed by atoms with Gasteiger partial charge in [0.25, 0.3) is 0 Å². The molecule has 0 heterocycles. The standard InChI is InChI=1S/C15H13Cl2NO2/c1-2-9-7-8-11(16)14(13(9)17)18-12-6-4-3-5-10(12)15(19)20/h3-8,18H,2H2,1H3,(H,19,20)/p-1. The average Bonchev–Trinajstić information content (AvgIpc) is 2.44. The summed E-state index contributed by atoms with van der Waals surface area (Å²) in [5, 5.41) is 15.0. The molecule has 2 aromatic carbocycles. The SMILES string of the molecule is CCc1ccc(Cl)c(Nc2ccccc2C(=O)[O-])c1Cl. The normalized spacial score (nSPS) is 10.3. The number of nitrogens with one attached hydrogen (secondary N) is 1. The maximum atomic E-state index is 11.1. The van der Waals surface area contributed by atoms with Gasteiger partial charge in [-0.25, -0.2) is 0 Å². The third kappa shape index (κ3) is 2.89. The topological polar surface area (TPSA) is 52.2 Å². The van der Waals surface area contributed by atoms with Crippen LogP contribution in [-0.4, -0.2) is 5.97 Å². The predicted molar refractivity (Wildman–Crippen MR) is 79.9 cm³/mol. The highest BCUT2D eigenvalue weighted by Crippen LogP contribution is 2.36. The quantitative estimate of drug-likeness (QED) is 0.937. The van der Waals surface area contributed by atoms with Gasteiger partial charge in [0.05, 0.1) is 21.7 Å². The van der Waals surface area contributed by atoms with Crippen LogP contribution < -0.4 is 10.4 Å². The van der Waals surface area contributed by atoms with Crippen molar-refractivity contribution in [3.63, 3.8) is 0 Å². The highest BCUT2D eigenvalue weighted by molar-refractivity contribution is 6.39. The highest BCUT2D eigenvalue weighted by atomic mass is 35.5. The van der Waals surface area contributed by atoms with E-state index in [0.717, 1.165) is 12.0 Å². The largest absolute Gasteiger partial charge is 0.545 e. The van der Waals surface area contributed by atoms with Gasteiger partial charge < -0.3 is 15.2 Å². The molecule has 0 aliphatic rings. The van der Waals surface area contributed by atoms with Crippen molar-refractivity contribution in [2.24, 2.45) is 0 Å². The number of hydrogen-bond donors (Lipinski definition) is 1. The van der Waals surface area contributed by atoms with E-state index in [-0.39, 0.29) is 5.56 Å². The molecule has 0 unspecified atom stereocenters. The van der Waals surface area contributed by atoms with Crippen LogP contribution in [0.3, 0.4) is 0 Å². The van der Waals surface area contributed by atoms with Crippen molar-refractivity contribution in [1.29, 1.82) is 0 Å². The van der Waals surface area contributed by atoms with E-state index >= 15 is 0 Å². The first kappa shape index (κ1) is 14.7. The number of carboxylic acids is 1. The first-order valence-electron chi connectivity index (χ1n) is 6.08. The van der Waals surface area contributed by atoms with Gasteiger partial charge >= 0.3 is 0 Å². The van der Waals surface area contributed by atoms with Crippen LogP contribution in [0.25, 0.3) is 0 Å². The maximum Gasteiger partial charge on any atom is 0.0765 e. The van der Waals surface area contributed by atoms with Crippen molar-refractivity contribution in [1.82, 2.24) is 0 Å². The minimum Gasteiger partial charge on any atom is -0.545 e. The second-order valence-corrected chi connectivity index (χ2v) is 4.99. The van der Waals surface area contributed by atoms with Gasteiger partial charge in [0, 0.05) is 11.3 Å². The summed E-state index contributed by atoms with van der Waals surface area (Å²) < 4.78 is 0. The number of aromatic carboxylic acids is 1. The number of halogens is 2. The van der Waals surface area contributed by atoms with Gasteiger partial charge in [0.15, 0.2) is 0 Å². The number of rotatable bonds is 4. The Morgan fingerprint density at radius 3 is 2.55 bits per heavy atom. The number of carbonyl (C=O) groups excluding carboxylic acids is 1. The number of benzene rings is 2. The number of anilines is 2. The van der Waals surface area contributed by atoms with Gasteiger partial charge in [-0.3, -0.25) is 0 Å². The highest BCUT2D eigenvalue weighted by Gasteiger charge is 2.12. The number of carbonyl (C=O) groups is 1. The lowest BCUT2D eigenvalue weighted by atomic mass is 10.1. The van der Waals surface area contributed by atoms with Crippen LogP contribution in [0.5, 0.6) is 0 Å². The molecule has 104 valence electrons. The molecular formula is C15H12Cl2NO2-. The van der Waals surface area contributed by atoms with E-state index in [2.05, 4.69) is 5.32 Å². The number of carboxylic acid groups (broad SMARTS) is 1. The lowest BCUT2D eigenvalue weighted by Crippen LogP contribution is -2.23. The molecule has 0 radical (unpaired) electrons. The molecule has 0 saturated carbocycles. The minimum atomic E-state index is -1.26. The molecule has 0 amide bonds. The summed E-state index contributed by atoms with van der Waals surface area (Å²) in [5.74, 6) is -1.26. The molecule has 0 aromatic heterocycles. The minimum absolute atomic E-state index is 0.0570. The van der Waals surface area contributed by atoms with Gasteiger partial charge in [-0.1, -0.05) is 54.4 Å². The monoisotopic (exact) mass is 308 g/mol. The fourth-order valence-corrected chi connectivity index (χ4v) is 2.49. The van der Waals surface area contributed by atoms with Crippen LogP contribution in [0.1, 0.15) is 22.8 Å². The zero-order chi connectivity index (χ0) is 14.7. The summed E-state index contributed by atoms with van der Waals surface area (Å²) in [6, 6.07) is 10.0. The molecule has 0 spiro atoms. The maximum absolute atomic E-state index is 11.1. The Morgan fingerprint density at radius 2 is 1.90 bits per heavy atom. The smallest absolute Gasteiger partial charge is 0.0765 e. The molecule has 0 bridgehead atoms. The van der Waals surface area contributed by atoms with Crippen molar-refractivity contribution < 1.29 is 9.90 Å². The Kier molecular flexibility index (Phi) is 4.53. The van der Waals surface area contributed by atoms with Gasteiger partial charge in [0.1, 0.15) is 0 Å². The van der Waals surface area contributed by atoms with Crippen LogP contribution in [0.2, 0.25) is 10.0 Å². The molecule has 5 heteroatoms. The number of hydrogen-bond acceptors (Lipinski definition) is 3. The van der Waals surface area contributed by atoms with Crippen LogP contribution in [0.15, 0.2) is 36.4 Å². The van der Waals surface area contributed by atoms with Crippen molar-refractivity contribution >= 4 is 40.5 Å².